The van der Waals surface area contributed by atoms with Crippen LogP contribution >= 0.6 is 0 Å². The number of carbonyl (C=O) groups excluding carboxylic acids is 2. The van der Waals surface area contributed by atoms with E-state index < -0.39 is 27.3 Å². The van der Waals surface area contributed by atoms with E-state index in [0.29, 0.717) is 61.5 Å². The van der Waals surface area contributed by atoms with Gasteiger partial charge in [-0.25, -0.2) is 4.79 Å². The molecule has 1 amide bonds. The van der Waals surface area contributed by atoms with Crippen LogP contribution in [0.3, 0.4) is 0 Å². The van der Waals surface area contributed by atoms with Crippen molar-refractivity contribution in [2.24, 2.45) is 0 Å². The van der Waals surface area contributed by atoms with E-state index in [-0.39, 0.29) is 23.6 Å². The largest absolute Gasteiger partial charge is 0.534 e. The minimum atomic E-state index is -5.94. The first-order chi connectivity index (χ1) is 22.2. The van der Waals surface area contributed by atoms with Crippen LogP contribution in [-0.4, -0.2) is 85.9 Å². The zero-order valence-electron chi connectivity index (χ0n) is 27.1. The molecule has 4 rings (SSSR count). The Balaban J connectivity index is 1.54. The number of esters is 1. The number of methoxy groups -OCH3 is 1. The molecule has 0 aliphatic carbocycles. The normalized spacial score (nSPS) is 17.7. The number of benzene rings is 3. The Labute approximate surface area is 274 Å². The van der Waals surface area contributed by atoms with Gasteiger partial charge in [-0.3, -0.25) is 14.6 Å². The number of alkyl halides is 3. The molecule has 1 saturated heterocycles. The molecular weight excluding hydrogens is 635 g/mol. The summed E-state index contributed by atoms with van der Waals surface area (Å²) in [4.78, 5) is 30.6. The van der Waals surface area contributed by atoms with E-state index in [2.05, 4.69) is 23.6 Å². The van der Waals surface area contributed by atoms with Crippen molar-refractivity contribution in [2.75, 3.05) is 33.3 Å². The standard InChI is InChI=1S/C34H40F3N3O6S/c1-6-38(7-2)32(41)28-15-13-27(14-16-28)30-17-10-26(18-31(30)46-47(43,44)34(35,36)37)22-40-20-23(3)39(19-24(40)4)21-25-8-11-29(12-9-25)33(42)45-5/h8-18,23-24H,6-7,19-22H2,1-5H3/t23-,24+/m1/s1. The molecule has 0 saturated carbocycles. The van der Waals surface area contributed by atoms with Crippen LogP contribution < -0.4 is 4.18 Å². The van der Waals surface area contributed by atoms with Gasteiger partial charge >= 0.3 is 21.6 Å². The summed E-state index contributed by atoms with van der Waals surface area (Å²) in [6, 6.07) is 18.3. The topological polar surface area (TPSA) is 96.5 Å². The van der Waals surface area contributed by atoms with E-state index in [0.717, 1.165) is 5.56 Å². The molecule has 0 spiro atoms. The van der Waals surface area contributed by atoms with Crippen LogP contribution in [0.2, 0.25) is 0 Å². The first kappa shape index (κ1) is 35.9. The number of hydrogen-bond donors (Lipinski definition) is 0. The van der Waals surface area contributed by atoms with Gasteiger partial charge in [-0.1, -0.05) is 36.4 Å². The molecule has 1 aliphatic rings. The molecule has 13 heteroatoms. The lowest BCUT2D eigenvalue weighted by Crippen LogP contribution is -2.55. The zero-order chi connectivity index (χ0) is 34.5. The summed E-state index contributed by atoms with van der Waals surface area (Å²) in [6.07, 6.45) is 0. The van der Waals surface area contributed by atoms with Crippen LogP contribution in [0.1, 0.15) is 59.5 Å². The fraction of sp³-hybridized carbons (Fsp3) is 0.412. The summed E-state index contributed by atoms with van der Waals surface area (Å²) in [5, 5.41) is 0. The fourth-order valence-electron chi connectivity index (χ4n) is 5.67. The molecule has 2 atom stereocenters. The highest BCUT2D eigenvalue weighted by atomic mass is 32.2. The quantitative estimate of drug-likeness (QED) is 0.140. The Morgan fingerprint density at radius 2 is 1.34 bits per heavy atom. The van der Waals surface area contributed by atoms with Gasteiger partial charge in [0.1, 0.15) is 0 Å². The minimum absolute atomic E-state index is 0.0689. The van der Waals surface area contributed by atoms with Gasteiger partial charge in [0.25, 0.3) is 5.91 Å². The third kappa shape index (κ3) is 8.51. The van der Waals surface area contributed by atoms with E-state index in [4.69, 9.17) is 8.92 Å². The maximum atomic E-state index is 13.4. The lowest BCUT2D eigenvalue weighted by atomic mass is 10.00. The maximum Gasteiger partial charge on any atom is 0.534 e. The van der Waals surface area contributed by atoms with E-state index in [9.17, 15) is 31.2 Å². The first-order valence-electron chi connectivity index (χ1n) is 15.4. The van der Waals surface area contributed by atoms with Crippen molar-refractivity contribution in [3.8, 4) is 16.9 Å². The molecule has 3 aromatic carbocycles. The molecule has 1 fully saturated rings. The van der Waals surface area contributed by atoms with Gasteiger partial charge in [0.05, 0.1) is 12.7 Å². The van der Waals surface area contributed by atoms with Crippen LogP contribution in [-0.2, 0) is 27.9 Å². The van der Waals surface area contributed by atoms with Gasteiger partial charge in [0.15, 0.2) is 5.75 Å². The number of nitrogens with zero attached hydrogens (tertiary/aromatic N) is 3. The molecule has 47 heavy (non-hydrogen) atoms. The van der Waals surface area contributed by atoms with E-state index in [1.165, 1.54) is 13.2 Å². The Hall–Kier alpha value is -3.94. The molecule has 0 bridgehead atoms. The third-order valence-corrected chi connectivity index (χ3v) is 9.38. The molecule has 9 nitrogen and oxygen atoms in total. The summed E-state index contributed by atoms with van der Waals surface area (Å²) < 4.78 is 73.8. The molecule has 0 radical (unpaired) electrons. The van der Waals surface area contributed by atoms with Crippen molar-refractivity contribution < 1.29 is 40.1 Å². The maximum absolute atomic E-state index is 13.4. The predicted octanol–water partition coefficient (Wildman–Crippen LogP) is 5.95. The summed E-state index contributed by atoms with van der Waals surface area (Å²) in [7, 11) is -4.61. The highest BCUT2D eigenvalue weighted by Gasteiger charge is 2.49. The molecule has 1 aliphatic heterocycles. The Morgan fingerprint density at radius 3 is 1.85 bits per heavy atom. The number of rotatable bonds is 11. The average molecular weight is 676 g/mol. The fourth-order valence-corrected chi connectivity index (χ4v) is 6.14. The van der Waals surface area contributed by atoms with Gasteiger partial charge in [-0.15, -0.1) is 0 Å². The van der Waals surface area contributed by atoms with Crippen LogP contribution in [0.25, 0.3) is 11.1 Å². The SMILES string of the molecule is CCN(CC)C(=O)c1ccc(-c2ccc(CN3C[C@@H](C)N(Cc4ccc(C(=O)OC)cc4)C[C@@H]3C)cc2OS(=O)(=O)C(F)(F)F)cc1. The number of carbonyl (C=O) groups is 2. The summed E-state index contributed by atoms with van der Waals surface area (Å²) in [5.74, 6) is -1.03. The third-order valence-electron chi connectivity index (χ3n) is 8.41. The van der Waals surface area contributed by atoms with Crippen molar-refractivity contribution in [2.45, 2.75) is 58.4 Å². The van der Waals surface area contributed by atoms with E-state index in [1.54, 1.807) is 53.4 Å². The summed E-state index contributed by atoms with van der Waals surface area (Å²) in [6.45, 7) is 11.3. The second-order valence-electron chi connectivity index (χ2n) is 11.6. The van der Waals surface area contributed by atoms with Crippen molar-refractivity contribution in [1.82, 2.24) is 14.7 Å². The molecule has 254 valence electrons. The van der Waals surface area contributed by atoms with Crippen LogP contribution in [0.4, 0.5) is 13.2 Å². The smallest absolute Gasteiger partial charge is 0.465 e. The second kappa shape index (κ2) is 14.9. The highest BCUT2D eigenvalue weighted by Crippen LogP contribution is 2.36. The van der Waals surface area contributed by atoms with Crippen molar-refractivity contribution >= 4 is 22.0 Å². The number of ether oxygens (including phenoxy) is 1. The van der Waals surface area contributed by atoms with Crippen molar-refractivity contribution in [3.05, 3.63) is 89.0 Å². The highest BCUT2D eigenvalue weighted by molar-refractivity contribution is 7.88. The van der Waals surface area contributed by atoms with E-state index >= 15 is 0 Å². The van der Waals surface area contributed by atoms with Crippen LogP contribution in [0.15, 0.2) is 66.7 Å². The average Bonchev–Trinajstić information content (AvgIpc) is 3.03. The van der Waals surface area contributed by atoms with E-state index in [1.807, 2.05) is 26.0 Å². The number of halogens is 3. The number of hydrogen-bond acceptors (Lipinski definition) is 8. The van der Waals surface area contributed by atoms with Gasteiger partial charge in [0.2, 0.25) is 0 Å². The Morgan fingerprint density at radius 1 is 0.830 bits per heavy atom. The first-order valence-corrected chi connectivity index (χ1v) is 16.8. The second-order valence-corrected chi connectivity index (χ2v) is 13.2. The number of piperazine rings is 1. The lowest BCUT2D eigenvalue weighted by molar-refractivity contribution is -0.0500. The summed E-state index contributed by atoms with van der Waals surface area (Å²) in [5.41, 5.74) is -2.57. The molecule has 0 aromatic heterocycles. The van der Waals surface area contributed by atoms with Gasteiger partial charge in [-0.05, 0) is 74.7 Å². The Kier molecular flexibility index (Phi) is 11.4. The summed E-state index contributed by atoms with van der Waals surface area (Å²) >= 11 is 0. The molecular formula is C34H40F3N3O6S. The zero-order valence-corrected chi connectivity index (χ0v) is 27.9. The van der Waals surface area contributed by atoms with Crippen LogP contribution in [0.5, 0.6) is 5.75 Å². The molecule has 1 heterocycles. The Bertz CT molecular complexity index is 1660. The molecule has 3 aromatic rings. The lowest BCUT2D eigenvalue weighted by Gasteiger charge is -2.44. The predicted molar refractivity (Wildman–Crippen MR) is 172 cm³/mol. The molecule has 0 unspecified atom stereocenters. The molecule has 0 N–H and O–H groups in total. The minimum Gasteiger partial charge on any atom is -0.465 e. The van der Waals surface area contributed by atoms with Gasteiger partial charge in [-0.2, -0.15) is 21.6 Å². The van der Waals surface area contributed by atoms with Gasteiger partial charge < -0.3 is 13.8 Å². The van der Waals surface area contributed by atoms with Crippen LogP contribution in [0, 0.1) is 0 Å². The van der Waals surface area contributed by atoms with Gasteiger partial charge in [0, 0.05) is 62.5 Å². The van der Waals surface area contributed by atoms with Crippen molar-refractivity contribution in [3.63, 3.8) is 0 Å². The van der Waals surface area contributed by atoms with Crippen molar-refractivity contribution in [1.29, 1.82) is 0 Å². The number of amides is 1. The monoisotopic (exact) mass is 675 g/mol.